The van der Waals surface area contributed by atoms with Gasteiger partial charge in [-0.15, -0.1) is 24.0 Å². The van der Waals surface area contributed by atoms with Gasteiger partial charge in [0.25, 0.3) is 0 Å². The maximum Gasteiger partial charge on any atom is 0.221 e. The number of nitrogens with one attached hydrogen (secondary N) is 2. The summed E-state index contributed by atoms with van der Waals surface area (Å²) >= 11 is 3.56. The molecular weight excluding hydrogens is 483 g/mol. The number of guanidine groups is 1. The second-order valence-electron chi connectivity index (χ2n) is 5.55. The van der Waals surface area contributed by atoms with Gasteiger partial charge in [-0.05, 0) is 25.0 Å². The first-order chi connectivity index (χ1) is 11.0. The van der Waals surface area contributed by atoms with E-state index in [1.165, 1.54) is 5.56 Å². The van der Waals surface area contributed by atoms with E-state index in [1.54, 1.807) is 7.05 Å². The quantitative estimate of drug-likeness (QED) is 0.336. The molecule has 0 bridgehead atoms. The monoisotopic (exact) mass is 510 g/mol. The molecule has 0 saturated carbocycles. The molecule has 1 rings (SSSR count). The van der Waals surface area contributed by atoms with Crippen molar-refractivity contribution < 1.29 is 4.79 Å². The van der Waals surface area contributed by atoms with Crippen LogP contribution in [-0.4, -0.2) is 43.4 Å². The number of carbonyl (C=O) groups excluding carboxylic acids is 1. The van der Waals surface area contributed by atoms with Gasteiger partial charge in [0, 0.05) is 44.1 Å². The van der Waals surface area contributed by atoms with Gasteiger partial charge in [-0.1, -0.05) is 41.1 Å². The van der Waals surface area contributed by atoms with Gasteiger partial charge in [-0.2, -0.15) is 0 Å². The Morgan fingerprint density at radius 3 is 2.62 bits per heavy atom. The summed E-state index contributed by atoms with van der Waals surface area (Å²) in [6, 6.07) is 8.34. The van der Waals surface area contributed by atoms with Crippen LogP contribution in [0.25, 0.3) is 0 Å². The van der Waals surface area contributed by atoms with E-state index >= 15 is 0 Å². The van der Waals surface area contributed by atoms with Crippen LogP contribution in [0.3, 0.4) is 0 Å². The van der Waals surface area contributed by atoms with Gasteiger partial charge in [-0.25, -0.2) is 0 Å². The second kappa shape index (κ2) is 12.5. The van der Waals surface area contributed by atoms with Crippen molar-refractivity contribution in [2.24, 2.45) is 4.99 Å². The molecule has 2 N–H and O–H groups in total. The van der Waals surface area contributed by atoms with Crippen molar-refractivity contribution in [1.29, 1.82) is 0 Å². The molecule has 1 aromatic rings. The average molecular weight is 511 g/mol. The zero-order valence-electron chi connectivity index (χ0n) is 14.8. The van der Waals surface area contributed by atoms with Crippen LogP contribution in [0.2, 0.25) is 0 Å². The Balaban J connectivity index is 0.00000529. The molecule has 1 unspecified atom stereocenters. The summed E-state index contributed by atoms with van der Waals surface area (Å²) in [6.45, 7) is 5.37. The summed E-state index contributed by atoms with van der Waals surface area (Å²) in [5, 5.41) is 6.19. The van der Waals surface area contributed by atoms with E-state index in [4.69, 9.17) is 0 Å². The van der Waals surface area contributed by atoms with Gasteiger partial charge < -0.3 is 15.5 Å². The summed E-state index contributed by atoms with van der Waals surface area (Å²) < 4.78 is 1.08. The standard InChI is InChI=1S/C17H27BrN4O.HI/c1-5-13(2)21-16(23)10-11-20-17(19-3)22(4)12-14-8-6-7-9-15(14)18;/h6-9,13H,5,10-12H2,1-4H3,(H,19,20)(H,21,23);1H. The predicted molar refractivity (Wildman–Crippen MR) is 115 cm³/mol. The van der Waals surface area contributed by atoms with Crippen molar-refractivity contribution in [1.82, 2.24) is 15.5 Å². The normalized spacial score (nSPS) is 12.1. The van der Waals surface area contributed by atoms with Crippen molar-refractivity contribution >= 4 is 51.8 Å². The van der Waals surface area contributed by atoms with Gasteiger partial charge in [-0.3, -0.25) is 9.79 Å². The molecule has 1 atom stereocenters. The average Bonchev–Trinajstić information content (AvgIpc) is 2.53. The van der Waals surface area contributed by atoms with Crippen molar-refractivity contribution in [3.05, 3.63) is 34.3 Å². The van der Waals surface area contributed by atoms with Gasteiger partial charge in [0.15, 0.2) is 5.96 Å². The van der Waals surface area contributed by atoms with E-state index in [0.717, 1.165) is 23.4 Å². The molecule has 0 aliphatic heterocycles. The van der Waals surface area contributed by atoms with Gasteiger partial charge >= 0.3 is 0 Å². The number of hydrogen-bond donors (Lipinski definition) is 2. The fourth-order valence-electron chi connectivity index (χ4n) is 2.08. The van der Waals surface area contributed by atoms with Crippen LogP contribution in [0.1, 0.15) is 32.3 Å². The Hall–Kier alpha value is -0.830. The zero-order chi connectivity index (χ0) is 17.2. The van der Waals surface area contributed by atoms with Crippen LogP contribution in [0.15, 0.2) is 33.7 Å². The summed E-state index contributed by atoms with van der Waals surface area (Å²) in [4.78, 5) is 18.1. The third kappa shape index (κ3) is 8.32. The molecule has 0 aliphatic carbocycles. The molecule has 0 heterocycles. The highest BCUT2D eigenvalue weighted by Gasteiger charge is 2.10. The molecule has 0 spiro atoms. The van der Waals surface area contributed by atoms with Gasteiger partial charge in [0.05, 0.1) is 0 Å². The minimum atomic E-state index is 0. The smallest absolute Gasteiger partial charge is 0.221 e. The third-order valence-corrected chi connectivity index (χ3v) is 4.37. The number of aliphatic imine (C=N–C) groups is 1. The number of halogens is 2. The van der Waals surface area contributed by atoms with Crippen molar-refractivity contribution in [2.75, 3.05) is 20.6 Å². The Morgan fingerprint density at radius 2 is 2.04 bits per heavy atom. The molecule has 5 nitrogen and oxygen atoms in total. The van der Waals surface area contributed by atoms with Crippen LogP contribution < -0.4 is 10.6 Å². The van der Waals surface area contributed by atoms with Crippen LogP contribution >= 0.6 is 39.9 Å². The lowest BCUT2D eigenvalue weighted by Crippen LogP contribution is -2.41. The minimum absolute atomic E-state index is 0. The SMILES string of the molecule is CCC(C)NC(=O)CCNC(=NC)N(C)Cc1ccccc1Br.I. The highest BCUT2D eigenvalue weighted by molar-refractivity contribution is 14.0. The molecule has 0 saturated heterocycles. The summed E-state index contributed by atoms with van der Waals surface area (Å²) in [7, 11) is 3.73. The molecular formula is C17H28BrIN4O. The van der Waals surface area contributed by atoms with E-state index in [1.807, 2.05) is 37.1 Å². The zero-order valence-corrected chi connectivity index (χ0v) is 18.7. The number of benzene rings is 1. The molecule has 0 radical (unpaired) electrons. The highest BCUT2D eigenvalue weighted by atomic mass is 127. The largest absolute Gasteiger partial charge is 0.356 e. The lowest BCUT2D eigenvalue weighted by Gasteiger charge is -2.22. The number of rotatable bonds is 7. The molecule has 0 aliphatic rings. The first-order valence-electron chi connectivity index (χ1n) is 7.92. The first kappa shape index (κ1) is 23.2. The topological polar surface area (TPSA) is 56.7 Å². The Bertz CT molecular complexity index is 539. The van der Waals surface area contributed by atoms with Crippen LogP contribution in [0.4, 0.5) is 0 Å². The molecule has 0 aromatic heterocycles. The molecule has 0 fully saturated rings. The van der Waals surface area contributed by atoms with E-state index in [-0.39, 0.29) is 35.9 Å². The van der Waals surface area contributed by atoms with Crippen LogP contribution in [0, 0.1) is 0 Å². The molecule has 136 valence electrons. The van der Waals surface area contributed by atoms with Gasteiger partial charge in [0.2, 0.25) is 5.91 Å². The minimum Gasteiger partial charge on any atom is -0.356 e. The van der Waals surface area contributed by atoms with E-state index in [0.29, 0.717) is 13.0 Å². The number of carbonyl (C=O) groups is 1. The lowest BCUT2D eigenvalue weighted by molar-refractivity contribution is -0.121. The molecule has 24 heavy (non-hydrogen) atoms. The number of nitrogens with zero attached hydrogens (tertiary/aromatic N) is 2. The third-order valence-electron chi connectivity index (χ3n) is 3.59. The fraction of sp³-hybridized carbons (Fsp3) is 0.529. The van der Waals surface area contributed by atoms with Crippen molar-refractivity contribution in [3.63, 3.8) is 0 Å². The molecule has 7 heteroatoms. The van der Waals surface area contributed by atoms with E-state index in [9.17, 15) is 4.79 Å². The van der Waals surface area contributed by atoms with Crippen molar-refractivity contribution in [2.45, 2.75) is 39.3 Å². The summed E-state index contributed by atoms with van der Waals surface area (Å²) in [6.07, 6.45) is 1.38. The maximum atomic E-state index is 11.8. The molecule has 1 aromatic carbocycles. The summed E-state index contributed by atoms with van der Waals surface area (Å²) in [5.41, 5.74) is 1.19. The first-order valence-corrected chi connectivity index (χ1v) is 8.71. The lowest BCUT2D eigenvalue weighted by atomic mass is 10.2. The Morgan fingerprint density at radius 1 is 1.38 bits per heavy atom. The van der Waals surface area contributed by atoms with E-state index in [2.05, 4.69) is 44.5 Å². The second-order valence-corrected chi connectivity index (χ2v) is 6.40. The number of amides is 1. The molecule has 1 amide bonds. The predicted octanol–water partition coefficient (Wildman–Crippen LogP) is 3.38. The maximum absolute atomic E-state index is 11.8. The summed E-state index contributed by atoms with van der Waals surface area (Å²) in [5.74, 6) is 0.841. The fourth-order valence-corrected chi connectivity index (χ4v) is 2.49. The number of hydrogen-bond acceptors (Lipinski definition) is 2. The Labute approximate surface area is 170 Å². The highest BCUT2D eigenvalue weighted by Crippen LogP contribution is 2.17. The van der Waals surface area contributed by atoms with Crippen LogP contribution in [-0.2, 0) is 11.3 Å². The van der Waals surface area contributed by atoms with Gasteiger partial charge in [0.1, 0.15) is 0 Å². The van der Waals surface area contributed by atoms with Crippen molar-refractivity contribution in [3.8, 4) is 0 Å². The van der Waals surface area contributed by atoms with E-state index < -0.39 is 0 Å². The van der Waals surface area contributed by atoms with Crippen LogP contribution in [0.5, 0.6) is 0 Å². The Kier molecular flexibility index (Phi) is 12.1.